The maximum atomic E-state index is 13.1. The van der Waals surface area contributed by atoms with Crippen LogP contribution >= 0.6 is 0 Å². The summed E-state index contributed by atoms with van der Waals surface area (Å²) in [6.45, 7) is 34.6. The quantitative estimate of drug-likeness (QED) is 0.259. The molecule has 1 aliphatic rings. The van der Waals surface area contributed by atoms with Crippen LogP contribution in [0.1, 0.15) is 130 Å². The zero-order valence-electron chi connectivity index (χ0n) is 25.4. The summed E-state index contributed by atoms with van der Waals surface area (Å²) in [5, 5.41) is 1.45. The van der Waals surface area contributed by atoms with Gasteiger partial charge in [-0.1, -0.05) is 110 Å². The van der Waals surface area contributed by atoms with E-state index in [4.69, 9.17) is 8.85 Å². The molecule has 0 fully saturated rings. The van der Waals surface area contributed by atoms with Crippen LogP contribution in [0.15, 0.2) is 11.0 Å². The third-order valence-electron chi connectivity index (χ3n) is 8.48. The molecule has 0 aromatic carbocycles. The fourth-order valence-electron chi connectivity index (χ4n) is 7.18. The second kappa shape index (κ2) is 11.3. The van der Waals surface area contributed by atoms with Gasteiger partial charge in [0.15, 0.2) is 0 Å². The van der Waals surface area contributed by atoms with Crippen LogP contribution in [-0.2, 0) is 13.6 Å². The van der Waals surface area contributed by atoms with Gasteiger partial charge in [0.25, 0.3) is 8.32 Å². The van der Waals surface area contributed by atoms with Gasteiger partial charge in [-0.25, -0.2) is 0 Å². The van der Waals surface area contributed by atoms with E-state index in [1.807, 2.05) is 6.92 Å². The molecule has 0 aromatic heterocycles. The summed E-state index contributed by atoms with van der Waals surface area (Å²) in [4.78, 5) is 13.1. The van der Waals surface area contributed by atoms with Crippen molar-refractivity contribution in [3.05, 3.63) is 11.0 Å². The molecule has 0 saturated heterocycles. The molecule has 3 nitrogen and oxygen atoms in total. The summed E-state index contributed by atoms with van der Waals surface area (Å²) >= 11 is 0. The predicted octanol–water partition coefficient (Wildman–Crippen LogP) is 9.72. The molecule has 5 heteroatoms. The summed E-state index contributed by atoms with van der Waals surface area (Å²) in [6, 6.07) is 0. The molecule has 0 spiro atoms. The summed E-state index contributed by atoms with van der Waals surface area (Å²) in [5.41, 5.74) is 1.43. The Morgan fingerprint density at radius 3 is 1.68 bits per heavy atom. The number of Topliss-reactive ketones (excluding diaryl/α,β-unsaturated/α-hetero) is 1. The van der Waals surface area contributed by atoms with E-state index in [-0.39, 0.29) is 27.9 Å². The minimum atomic E-state index is -2.53. The van der Waals surface area contributed by atoms with E-state index in [2.05, 4.69) is 96.9 Å². The standard InChI is InChI=1S/C29H58O3Si2/c1-16-18-19-25-27(31-33(20(3)4,21(5)6)22(7)8)26(23(9)24(30)17-2)32-34(25,28(10,11)12)29(13,14)15/h20-23,26H,16-19H2,1-15H3/t23-,26+/m1/s1. The van der Waals surface area contributed by atoms with Crippen LogP contribution in [0.5, 0.6) is 0 Å². The minimum absolute atomic E-state index is 0.00955. The van der Waals surface area contributed by atoms with Crippen molar-refractivity contribution in [2.75, 3.05) is 0 Å². The number of carbonyl (C=O) groups is 1. The largest absolute Gasteiger partial charge is 0.544 e. The van der Waals surface area contributed by atoms with Gasteiger partial charge in [0.05, 0.1) is 0 Å². The first-order chi connectivity index (χ1) is 15.4. The Bertz CT molecular complexity index is 687. The van der Waals surface area contributed by atoms with Gasteiger partial charge in [-0.05, 0) is 44.7 Å². The van der Waals surface area contributed by atoms with Crippen molar-refractivity contribution >= 4 is 22.4 Å². The fraction of sp³-hybridized carbons (Fsp3) is 0.897. The van der Waals surface area contributed by atoms with Crippen molar-refractivity contribution < 1.29 is 13.6 Å². The van der Waals surface area contributed by atoms with Crippen molar-refractivity contribution in [2.45, 2.75) is 162 Å². The van der Waals surface area contributed by atoms with Crippen LogP contribution in [-0.4, -0.2) is 28.5 Å². The van der Waals surface area contributed by atoms with Crippen molar-refractivity contribution in [1.29, 1.82) is 0 Å². The minimum Gasteiger partial charge on any atom is -0.544 e. The van der Waals surface area contributed by atoms with Gasteiger partial charge in [-0.2, -0.15) is 0 Å². The maximum absolute atomic E-state index is 13.1. The number of hydrogen-bond donors (Lipinski definition) is 0. The normalized spacial score (nSPS) is 20.6. The number of rotatable bonds is 11. The number of allylic oxidation sites excluding steroid dienone is 1. The van der Waals surface area contributed by atoms with Crippen molar-refractivity contribution in [3.63, 3.8) is 0 Å². The number of ketones is 1. The number of unbranched alkanes of at least 4 members (excludes halogenated alkanes) is 1. The van der Waals surface area contributed by atoms with Gasteiger partial charge in [-0.15, -0.1) is 0 Å². The van der Waals surface area contributed by atoms with Crippen molar-refractivity contribution in [2.24, 2.45) is 5.92 Å². The Morgan fingerprint density at radius 1 is 0.912 bits per heavy atom. The molecule has 0 unspecified atom stereocenters. The van der Waals surface area contributed by atoms with E-state index in [1.54, 1.807) is 0 Å². The van der Waals surface area contributed by atoms with Crippen LogP contribution in [0.4, 0.5) is 0 Å². The fourth-order valence-corrected chi connectivity index (χ4v) is 19.3. The van der Waals surface area contributed by atoms with Gasteiger partial charge in [0.1, 0.15) is 17.6 Å². The second-order valence-corrected chi connectivity index (χ2v) is 24.3. The highest BCUT2D eigenvalue weighted by atomic mass is 28.4. The first-order valence-electron chi connectivity index (χ1n) is 14.0. The predicted molar refractivity (Wildman–Crippen MR) is 153 cm³/mol. The van der Waals surface area contributed by atoms with E-state index >= 15 is 0 Å². The molecule has 200 valence electrons. The van der Waals surface area contributed by atoms with E-state index < -0.39 is 16.6 Å². The van der Waals surface area contributed by atoms with Gasteiger partial charge >= 0.3 is 0 Å². The topological polar surface area (TPSA) is 35.5 Å². The highest BCUT2D eigenvalue weighted by Crippen LogP contribution is 2.62. The van der Waals surface area contributed by atoms with Crippen molar-refractivity contribution in [3.8, 4) is 0 Å². The van der Waals surface area contributed by atoms with Crippen LogP contribution < -0.4 is 0 Å². The Balaban J connectivity index is 4.09. The molecule has 1 heterocycles. The van der Waals surface area contributed by atoms with E-state index in [0.717, 1.165) is 25.0 Å². The van der Waals surface area contributed by atoms with Gasteiger partial charge < -0.3 is 8.85 Å². The van der Waals surface area contributed by atoms with Crippen LogP contribution in [0.2, 0.25) is 26.7 Å². The monoisotopic (exact) mass is 510 g/mol. The van der Waals surface area contributed by atoms with E-state index in [0.29, 0.717) is 23.0 Å². The molecule has 0 aromatic rings. The third-order valence-corrected chi connectivity index (χ3v) is 20.6. The lowest BCUT2D eigenvalue weighted by Crippen LogP contribution is -2.55. The molecule has 2 atom stereocenters. The van der Waals surface area contributed by atoms with E-state index in [1.165, 1.54) is 5.20 Å². The summed E-state index contributed by atoms with van der Waals surface area (Å²) in [5.74, 6) is 1.18. The van der Waals surface area contributed by atoms with Crippen LogP contribution in [0, 0.1) is 5.92 Å². The average molecular weight is 511 g/mol. The lowest BCUT2D eigenvalue weighted by molar-refractivity contribution is -0.124. The molecule has 0 radical (unpaired) electrons. The van der Waals surface area contributed by atoms with Gasteiger partial charge in [0, 0.05) is 12.3 Å². The Labute approximate surface area is 215 Å². The molecule has 0 bridgehead atoms. The second-order valence-electron chi connectivity index (χ2n) is 13.7. The summed E-state index contributed by atoms with van der Waals surface area (Å²) in [7, 11) is -4.74. The molecular weight excluding hydrogens is 452 g/mol. The third kappa shape index (κ3) is 5.46. The summed E-state index contributed by atoms with van der Waals surface area (Å²) in [6.07, 6.45) is 3.58. The maximum Gasteiger partial charge on any atom is 0.258 e. The zero-order chi connectivity index (χ0) is 26.9. The smallest absolute Gasteiger partial charge is 0.258 e. The van der Waals surface area contributed by atoms with Crippen LogP contribution in [0.25, 0.3) is 0 Å². The molecule has 0 N–H and O–H groups in total. The van der Waals surface area contributed by atoms with Crippen molar-refractivity contribution in [1.82, 2.24) is 0 Å². The number of carbonyl (C=O) groups excluding carboxylic acids is 1. The molecule has 0 amide bonds. The summed E-state index contributed by atoms with van der Waals surface area (Å²) < 4.78 is 15.0. The number of hydrogen-bond acceptors (Lipinski definition) is 3. The molecular formula is C29H58O3Si2. The first-order valence-corrected chi connectivity index (χ1v) is 18.0. The molecule has 0 saturated carbocycles. The highest BCUT2D eigenvalue weighted by molar-refractivity contribution is 6.87. The molecule has 1 aliphatic heterocycles. The van der Waals surface area contributed by atoms with Crippen LogP contribution in [0.3, 0.4) is 0 Å². The Kier molecular flexibility index (Phi) is 10.5. The zero-order valence-corrected chi connectivity index (χ0v) is 27.4. The lowest BCUT2D eigenvalue weighted by atomic mass is 9.96. The molecule has 0 aliphatic carbocycles. The van der Waals surface area contributed by atoms with Gasteiger partial charge in [0.2, 0.25) is 8.32 Å². The van der Waals surface area contributed by atoms with Gasteiger partial charge in [-0.3, -0.25) is 4.79 Å². The molecule has 1 rings (SSSR count). The first kappa shape index (κ1) is 31.6. The highest BCUT2D eigenvalue weighted by Gasteiger charge is 2.65. The lowest BCUT2D eigenvalue weighted by Gasteiger charge is -2.50. The Morgan fingerprint density at radius 2 is 1.35 bits per heavy atom. The SMILES string of the molecule is CCCCC1=C(O[Si](C(C)C)(C(C)C)C(C)C)[C@H]([C@H](C)C(=O)CC)O[Si]1(C(C)(C)C)C(C)(C)C. The van der Waals surface area contributed by atoms with E-state index in [9.17, 15) is 4.79 Å². The Hall–Kier alpha value is -0.396. The average Bonchev–Trinajstić information content (AvgIpc) is 3.03. The molecule has 34 heavy (non-hydrogen) atoms.